The number of rotatable bonds is 19. The van der Waals surface area contributed by atoms with Gasteiger partial charge in [-0.3, -0.25) is 5.32 Å². The standard InChI is InChI=1S/C26H45NO.ClH/c1-2-3-4-5-6-7-8-9-10-11-12-13-14-15-19-22-26(28)27-24-23-25-20-17-16-18-21-25;/h16-18,20-21H,2-15,19,22-24H2,1H3,(H,27,28);1H. The van der Waals surface area contributed by atoms with Gasteiger partial charge in [-0.2, -0.15) is 0 Å². The van der Waals surface area contributed by atoms with E-state index in [1.807, 2.05) is 11.4 Å². The fraction of sp³-hybridized carbons (Fsp3) is 0.731. The number of amides is 1. The number of hydrogen-bond acceptors (Lipinski definition) is 1. The fourth-order valence-electron chi connectivity index (χ4n) is 3.82. The SMILES string of the molecule is CCCCCCCCCCCCCCCCCC(=O)[NH2+]CCc1ccccc1.[Cl-]. The third kappa shape index (κ3) is 18.9. The maximum absolute atomic E-state index is 11.9. The van der Waals surface area contributed by atoms with E-state index in [9.17, 15) is 4.79 Å². The zero-order valence-electron chi connectivity index (χ0n) is 19.0. The van der Waals surface area contributed by atoms with E-state index in [4.69, 9.17) is 0 Å². The summed E-state index contributed by atoms with van der Waals surface area (Å²) in [5.74, 6) is 0.339. The Morgan fingerprint density at radius 1 is 0.690 bits per heavy atom. The minimum atomic E-state index is 0. The molecule has 0 saturated heterocycles. The van der Waals surface area contributed by atoms with Crippen molar-refractivity contribution in [2.75, 3.05) is 6.54 Å². The highest BCUT2D eigenvalue weighted by molar-refractivity contribution is 5.65. The van der Waals surface area contributed by atoms with E-state index in [-0.39, 0.29) is 12.4 Å². The van der Waals surface area contributed by atoms with Crippen LogP contribution < -0.4 is 17.7 Å². The highest BCUT2D eigenvalue weighted by Crippen LogP contribution is 2.13. The number of halogens is 1. The van der Waals surface area contributed by atoms with Crippen LogP contribution in [0, 0.1) is 0 Å². The van der Waals surface area contributed by atoms with E-state index in [1.54, 1.807) is 0 Å². The number of benzene rings is 1. The lowest BCUT2D eigenvalue weighted by Crippen LogP contribution is -3.00. The van der Waals surface area contributed by atoms with Crippen LogP contribution in [-0.4, -0.2) is 12.5 Å². The van der Waals surface area contributed by atoms with Crippen molar-refractivity contribution in [1.82, 2.24) is 0 Å². The first-order chi connectivity index (χ1) is 13.8. The van der Waals surface area contributed by atoms with E-state index in [0.29, 0.717) is 5.91 Å². The molecule has 0 saturated carbocycles. The summed E-state index contributed by atoms with van der Waals surface area (Å²) in [4.78, 5) is 11.9. The van der Waals surface area contributed by atoms with Gasteiger partial charge in [-0.05, 0) is 12.0 Å². The summed E-state index contributed by atoms with van der Waals surface area (Å²) >= 11 is 0. The van der Waals surface area contributed by atoms with Crippen LogP contribution >= 0.6 is 0 Å². The molecule has 2 N–H and O–H groups in total. The van der Waals surface area contributed by atoms with Gasteiger partial charge in [0.05, 0.1) is 13.0 Å². The van der Waals surface area contributed by atoms with Crippen LogP contribution in [0.5, 0.6) is 0 Å². The van der Waals surface area contributed by atoms with Crippen molar-refractivity contribution < 1.29 is 22.5 Å². The van der Waals surface area contributed by atoms with Crippen LogP contribution in [-0.2, 0) is 11.2 Å². The first kappa shape index (κ1) is 28.1. The second-order valence-corrected chi connectivity index (χ2v) is 8.39. The predicted octanol–water partition coefficient (Wildman–Crippen LogP) is 3.58. The van der Waals surface area contributed by atoms with Crippen LogP contribution in [0.1, 0.15) is 115 Å². The third-order valence-corrected chi connectivity index (χ3v) is 5.67. The number of quaternary nitrogens is 1. The molecule has 1 rings (SSSR count). The van der Waals surface area contributed by atoms with Gasteiger partial charge in [0.15, 0.2) is 0 Å². The Kier molecular flexibility index (Phi) is 21.2. The molecule has 0 fully saturated rings. The van der Waals surface area contributed by atoms with Crippen molar-refractivity contribution in [3.05, 3.63) is 35.9 Å². The van der Waals surface area contributed by atoms with Gasteiger partial charge in [-0.25, -0.2) is 4.79 Å². The number of carbonyl (C=O) groups is 1. The largest absolute Gasteiger partial charge is 1.00 e. The molecule has 0 bridgehead atoms. The monoisotopic (exact) mass is 423 g/mol. The molecule has 0 atom stereocenters. The van der Waals surface area contributed by atoms with Crippen LogP contribution in [0.2, 0.25) is 0 Å². The summed E-state index contributed by atoms with van der Waals surface area (Å²) in [6.45, 7) is 3.16. The van der Waals surface area contributed by atoms with Crippen molar-refractivity contribution >= 4 is 5.91 Å². The maximum atomic E-state index is 11.9. The normalized spacial score (nSPS) is 10.7. The van der Waals surface area contributed by atoms with Crippen molar-refractivity contribution in [3.8, 4) is 0 Å². The molecular formula is C26H46ClNO. The molecule has 0 heterocycles. The highest BCUT2D eigenvalue weighted by Gasteiger charge is 2.05. The third-order valence-electron chi connectivity index (χ3n) is 5.67. The molecule has 0 aliphatic heterocycles. The van der Waals surface area contributed by atoms with Gasteiger partial charge < -0.3 is 12.4 Å². The average molecular weight is 424 g/mol. The molecule has 0 unspecified atom stereocenters. The lowest BCUT2D eigenvalue weighted by Gasteiger charge is -2.03. The summed E-state index contributed by atoms with van der Waals surface area (Å²) in [5, 5.41) is 1.90. The first-order valence-corrected chi connectivity index (χ1v) is 12.2. The molecule has 1 aromatic rings. The van der Waals surface area contributed by atoms with Gasteiger partial charge in [-0.15, -0.1) is 0 Å². The number of nitrogens with two attached hydrogens (primary N) is 1. The van der Waals surface area contributed by atoms with Gasteiger partial charge >= 0.3 is 5.91 Å². The maximum Gasteiger partial charge on any atom is 0.310 e. The molecular weight excluding hydrogens is 378 g/mol. The second kappa shape index (κ2) is 21.8. The van der Waals surface area contributed by atoms with E-state index < -0.39 is 0 Å². The van der Waals surface area contributed by atoms with E-state index in [0.717, 1.165) is 25.8 Å². The lowest BCUT2D eigenvalue weighted by molar-refractivity contribution is -0.568. The lowest BCUT2D eigenvalue weighted by atomic mass is 10.0. The Balaban J connectivity index is 0.00000784. The molecule has 168 valence electrons. The molecule has 0 aromatic heterocycles. The zero-order valence-corrected chi connectivity index (χ0v) is 19.7. The highest BCUT2D eigenvalue weighted by atomic mass is 35.5. The smallest absolute Gasteiger partial charge is 0.310 e. The minimum absolute atomic E-state index is 0. The summed E-state index contributed by atoms with van der Waals surface area (Å²) in [5.41, 5.74) is 1.32. The number of hydrogen-bond donors (Lipinski definition) is 1. The van der Waals surface area contributed by atoms with Gasteiger partial charge in [0, 0.05) is 6.42 Å². The Hall–Kier alpha value is -0.860. The summed E-state index contributed by atoms with van der Waals surface area (Å²) in [6, 6.07) is 10.4. The fourth-order valence-corrected chi connectivity index (χ4v) is 3.82. The molecule has 0 radical (unpaired) electrons. The molecule has 2 nitrogen and oxygen atoms in total. The van der Waals surface area contributed by atoms with Crippen molar-refractivity contribution in [2.24, 2.45) is 0 Å². The van der Waals surface area contributed by atoms with Crippen molar-refractivity contribution in [2.45, 2.75) is 116 Å². The van der Waals surface area contributed by atoms with Crippen molar-refractivity contribution in [3.63, 3.8) is 0 Å². The molecule has 29 heavy (non-hydrogen) atoms. The molecule has 0 aliphatic carbocycles. The van der Waals surface area contributed by atoms with Gasteiger partial charge in [-0.1, -0.05) is 127 Å². The number of primary amides is 1. The Labute approximate surface area is 187 Å². The Morgan fingerprint density at radius 2 is 1.14 bits per heavy atom. The predicted molar refractivity (Wildman–Crippen MR) is 121 cm³/mol. The number of unbranched alkanes of at least 4 members (excludes halogenated alkanes) is 14. The average Bonchev–Trinajstić information content (AvgIpc) is 2.71. The molecule has 0 aliphatic rings. The van der Waals surface area contributed by atoms with Crippen LogP contribution in [0.3, 0.4) is 0 Å². The zero-order chi connectivity index (χ0) is 20.1. The molecule has 3 heteroatoms. The van der Waals surface area contributed by atoms with E-state index in [1.165, 1.54) is 95.5 Å². The Bertz CT molecular complexity index is 463. The second-order valence-electron chi connectivity index (χ2n) is 8.39. The summed E-state index contributed by atoms with van der Waals surface area (Å²) < 4.78 is 0. The van der Waals surface area contributed by atoms with Gasteiger partial charge in [0.1, 0.15) is 0 Å². The van der Waals surface area contributed by atoms with Crippen LogP contribution in [0.4, 0.5) is 0 Å². The quantitative estimate of drug-likeness (QED) is 0.339. The van der Waals surface area contributed by atoms with Crippen LogP contribution in [0.15, 0.2) is 30.3 Å². The van der Waals surface area contributed by atoms with Gasteiger partial charge in [0.2, 0.25) is 0 Å². The number of carbonyl (C=O) groups excluding carboxylic acids is 1. The topological polar surface area (TPSA) is 33.7 Å². The molecule has 0 spiro atoms. The van der Waals surface area contributed by atoms with Gasteiger partial charge in [0.25, 0.3) is 0 Å². The van der Waals surface area contributed by atoms with E-state index >= 15 is 0 Å². The first-order valence-electron chi connectivity index (χ1n) is 12.2. The Morgan fingerprint density at radius 3 is 1.62 bits per heavy atom. The molecule has 1 amide bonds. The summed E-state index contributed by atoms with van der Waals surface area (Å²) in [6.07, 6.45) is 22.3. The van der Waals surface area contributed by atoms with Crippen LogP contribution in [0.25, 0.3) is 0 Å². The molecule has 1 aromatic carbocycles. The van der Waals surface area contributed by atoms with Crippen molar-refractivity contribution in [1.29, 1.82) is 0 Å². The minimum Gasteiger partial charge on any atom is -1.00 e. The van der Waals surface area contributed by atoms with E-state index in [2.05, 4.69) is 31.2 Å². The summed E-state index contributed by atoms with van der Waals surface area (Å²) in [7, 11) is 0.